The third-order valence-corrected chi connectivity index (χ3v) is 15.9. The molecule has 0 fully saturated rings. The van der Waals surface area contributed by atoms with Crippen LogP contribution in [-0.4, -0.2) is 4.57 Å². The summed E-state index contributed by atoms with van der Waals surface area (Å²) in [5, 5.41) is 5.25. The molecule has 0 unspecified atom stereocenters. The van der Waals surface area contributed by atoms with E-state index >= 15 is 0 Å². The molecule has 2 nitrogen and oxygen atoms in total. The summed E-state index contributed by atoms with van der Waals surface area (Å²) in [6, 6.07) is 60.3. The molecule has 0 spiro atoms. The Bertz CT molecular complexity index is 3530. The van der Waals surface area contributed by atoms with E-state index < -0.39 is 0 Å². The molecule has 1 aliphatic heterocycles. The van der Waals surface area contributed by atoms with Gasteiger partial charge in [-0.05, 0) is 122 Å². The van der Waals surface area contributed by atoms with Crippen LogP contribution in [0.5, 0.6) is 0 Å². The fourth-order valence-electron chi connectivity index (χ4n) is 11.6. The first-order valence-electron chi connectivity index (χ1n) is 21.3. The van der Waals surface area contributed by atoms with Gasteiger partial charge in [0, 0.05) is 58.6 Å². The van der Waals surface area contributed by atoms with Crippen LogP contribution in [0.4, 0.5) is 17.1 Å². The summed E-state index contributed by atoms with van der Waals surface area (Å²) < 4.78 is 5.17. The Labute approximate surface area is 355 Å². The third-order valence-electron chi connectivity index (χ3n) is 14.8. The standard InChI is InChI=1S/C57H44N2S/c1-55(2)43-19-11-7-15-35(43)37-25-23-33(27-45(37)55)59-50-26-24-34(28-47(50)57(5,6)48-30-40-36-16-8-12-20-44(36)56(3,4)46(40)31-52(48)59)58-49-21-13-9-17-38(49)41-29-42-39-18-10-14-22-53(39)60-54(42)32-51(41)58/h7-32H,1-6H3. The van der Waals surface area contributed by atoms with Crippen LogP contribution >= 0.6 is 11.3 Å². The Morgan fingerprint density at radius 3 is 1.72 bits per heavy atom. The van der Waals surface area contributed by atoms with Crippen molar-refractivity contribution in [2.24, 2.45) is 0 Å². The molecule has 0 amide bonds. The van der Waals surface area contributed by atoms with E-state index in [2.05, 4.69) is 209 Å². The van der Waals surface area contributed by atoms with Crippen LogP contribution < -0.4 is 4.90 Å². The van der Waals surface area contributed by atoms with E-state index in [0.717, 1.165) is 0 Å². The van der Waals surface area contributed by atoms with E-state index in [1.807, 2.05) is 11.3 Å². The monoisotopic (exact) mass is 788 g/mol. The number of anilines is 3. The molecule has 0 bridgehead atoms. The average molecular weight is 789 g/mol. The lowest BCUT2D eigenvalue weighted by molar-refractivity contribution is 0.626. The smallest absolute Gasteiger partial charge is 0.0555 e. The third kappa shape index (κ3) is 4.28. The van der Waals surface area contributed by atoms with Gasteiger partial charge in [0.1, 0.15) is 0 Å². The van der Waals surface area contributed by atoms with Crippen molar-refractivity contribution in [3.63, 3.8) is 0 Å². The van der Waals surface area contributed by atoms with Gasteiger partial charge in [0.25, 0.3) is 0 Å². The number of rotatable bonds is 2. The van der Waals surface area contributed by atoms with Crippen molar-refractivity contribution in [2.45, 2.75) is 57.8 Å². The molecule has 288 valence electrons. The molecule has 3 aliphatic rings. The normalized spacial score (nSPS) is 16.2. The van der Waals surface area contributed by atoms with Gasteiger partial charge in [-0.15, -0.1) is 11.3 Å². The molecule has 0 atom stereocenters. The SMILES string of the molecule is CC1(C)c2ccccc2-c2ccc(N3c4ccc(-n5c6ccccc6c6cc7c(cc65)sc5ccccc57)cc4C(C)(C)c4cc5c(cc43)C(C)(C)c3ccccc3-5)cc21. The zero-order valence-corrected chi connectivity index (χ0v) is 35.6. The van der Waals surface area contributed by atoms with Crippen LogP contribution in [-0.2, 0) is 16.2 Å². The van der Waals surface area contributed by atoms with Crippen LogP contribution in [0.25, 0.3) is 69.9 Å². The Morgan fingerprint density at radius 2 is 0.933 bits per heavy atom. The average Bonchev–Trinajstić information content (AvgIpc) is 3.93. The van der Waals surface area contributed by atoms with E-state index in [-0.39, 0.29) is 16.2 Å². The summed E-state index contributed by atoms with van der Waals surface area (Å²) in [6.07, 6.45) is 0. The Hall–Kier alpha value is -6.42. The van der Waals surface area contributed by atoms with E-state index in [9.17, 15) is 0 Å². The van der Waals surface area contributed by atoms with Gasteiger partial charge < -0.3 is 9.47 Å². The molecule has 8 aromatic carbocycles. The minimum Gasteiger partial charge on any atom is -0.310 e. The van der Waals surface area contributed by atoms with Gasteiger partial charge in [0.05, 0.1) is 22.4 Å². The molecule has 0 saturated heterocycles. The second-order valence-electron chi connectivity index (χ2n) is 19.0. The summed E-state index contributed by atoms with van der Waals surface area (Å²) in [5.41, 5.74) is 20.6. The van der Waals surface area contributed by atoms with Crippen LogP contribution in [0.15, 0.2) is 158 Å². The zero-order valence-electron chi connectivity index (χ0n) is 34.8. The van der Waals surface area contributed by atoms with Crippen molar-refractivity contribution in [3.05, 3.63) is 191 Å². The Kier molecular flexibility index (Phi) is 6.57. The van der Waals surface area contributed by atoms with Gasteiger partial charge >= 0.3 is 0 Å². The van der Waals surface area contributed by atoms with Crippen LogP contribution in [0, 0.1) is 0 Å². The highest BCUT2D eigenvalue weighted by Crippen LogP contribution is 2.59. The maximum atomic E-state index is 2.59. The molecule has 0 N–H and O–H groups in total. The van der Waals surface area contributed by atoms with Gasteiger partial charge in [-0.2, -0.15) is 0 Å². The van der Waals surface area contributed by atoms with Crippen LogP contribution in [0.2, 0.25) is 0 Å². The summed E-state index contributed by atoms with van der Waals surface area (Å²) in [4.78, 5) is 2.59. The summed E-state index contributed by atoms with van der Waals surface area (Å²) >= 11 is 1.89. The summed E-state index contributed by atoms with van der Waals surface area (Å²) in [7, 11) is 0. The molecule has 60 heavy (non-hydrogen) atoms. The van der Waals surface area contributed by atoms with E-state index in [0.29, 0.717) is 0 Å². The minimum atomic E-state index is -0.294. The fourth-order valence-corrected chi connectivity index (χ4v) is 12.8. The van der Waals surface area contributed by atoms with Crippen molar-refractivity contribution in [1.29, 1.82) is 0 Å². The molecule has 3 heteroatoms. The number of fused-ring (bicyclic) bond motifs is 14. The maximum Gasteiger partial charge on any atom is 0.0555 e. The molecular weight excluding hydrogens is 745 g/mol. The number of aromatic nitrogens is 1. The molecule has 10 aromatic rings. The number of hydrogen-bond donors (Lipinski definition) is 0. The summed E-state index contributed by atoms with van der Waals surface area (Å²) in [6.45, 7) is 14.5. The Balaban J connectivity index is 1.07. The Morgan fingerprint density at radius 1 is 0.350 bits per heavy atom. The van der Waals surface area contributed by atoms with E-state index in [1.54, 1.807) is 0 Å². The first-order valence-corrected chi connectivity index (χ1v) is 22.2. The van der Waals surface area contributed by atoms with Crippen molar-refractivity contribution < 1.29 is 0 Å². The van der Waals surface area contributed by atoms with Gasteiger partial charge in [0.2, 0.25) is 0 Å². The second kappa shape index (κ2) is 11.4. The topological polar surface area (TPSA) is 8.17 Å². The van der Waals surface area contributed by atoms with Gasteiger partial charge in [-0.25, -0.2) is 0 Å². The molecule has 0 radical (unpaired) electrons. The number of hydrogen-bond acceptors (Lipinski definition) is 2. The van der Waals surface area contributed by atoms with Gasteiger partial charge in [-0.1, -0.05) is 133 Å². The highest BCUT2D eigenvalue weighted by Gasteiger charge is 2.43. The largest absolute Gasteiger partial charge is 0.310 e. The number of nitrogens with zero attached hydrogens (tertiary/aromatic N) is 2. The minimum absolute atomic E-state index is 0.107. The van der Waals surface area contributed by atoms with Gasteiger partial charge in [0.15, 0.2) is 0 Å². The predicted molar refractivity (Wildman–Crippen MR) is 256 cm³/mol. The lowest BCUT2D eigenvalue weighted by Crippen LogP contribution is -2.31. The van der Waals surface area contributed by atoms with Crippen molar-refractivity contribution in [3.8, 4) is 27.9 Å². The highest BCUT2D eigenvalue weighted by atomic mass is 32.1. The van der Waals surface area contributed by atoms with Gasteiger partial charge in [-0.3, -0.25) is 0 Å². The van der Waals surface area contributed by atoms with E-state index in [4.69, 9.17) is 0 Å². The van der Waals surface area contributed by atoms with Crippen molar-refractivity contribution in [2.75, 3.05) is 4.90 Å². The lowest BCUT2D eigenvalue weighted by atomic mass is 9.71. The predicted octanol–water partition coefficient (Wildman–Crippen LogP) is 15.9. The highest BCUT2D eigenvalue weighted by molar-refractivity contribution is 7.25. The van der Waals surface area contributed by atoms with Crippen LogP contribution in [0.1, 0.15) is 74.9 Å². The first-order chi connectivity index (χ1) is 29.0. The molecule has 2 aromatic heterocycles. The number of thiophene rings is 1. The molecular formula is C57H44N2S. The molecule has 2 aliphatic carbocycles. The zero-order chi connectivity index (χ0) is 40.4. The summed E-state index contributed by atoms with van der Waals surface area (Å²) in [5.74, 6) is 0. The van der Waals surface area contributed by atoms with Crippen LogP contribution in [0.3, 0.4) is 0 Å². The first kappa shape index (κ1) is 34.4. The quantitative estimate of drug-likeness (QED) is 0.169. The number of para-hydroxylation sites is 1. The fraction of sp³-hybridized carbons (Fsp3) is 0.158. The lowest BCUT2D eigenvalue weighted by Gasteiger charge is -2.43. The maximum absolute atomic E-state index is 2.59. The molecule has 13 rings (SSSR count). The van der Waals surface area contributed by atoms with Crippen molar-refractivity contribution >= 4 is 70.4 Å². The molecule has 3 heterocycles. The van der Waals surface area contributed by atoms with E-state index in [1.165, 1.54) is 120 Å². The second-order valence-corrected chi connectivity index (χ2v) is 20.0. The molecule has 0 saturated carbocycles. The number of benzene rings is 8. The van der Waals surface area contributed by atoms with Crippen molar-refractivity contribution in [1.82, 2.24) is 4.57 Å².